The molecule has 4 rings (SSSR count). The van der Waals surface area contributed by atoms with Crippen molar-refractivity contribution in [2.24, 2.45) is 11.3 Å². The van der Waals surface area contributed by atoms with Crippen molar-refractivity contribution >= 4 is 39.4 Å². The normalized spacial score (nSPS) is 28.0. The van der Waals surface area contributed by atoms with Crippen molar-refractivity contribution in [1.82, 2.24) is 5.32 Å². The summed E-state index contributed by atoms with van der Waals surface area (Å²) < 4.78 is 1.41. The summed E-state index contributed by atoms with van der Waals surface area (Å²) in [7, 11) is 2.09. The predicted molar refractivity (Wildman–Crippen MR) is 90.5 cm³/mol. The maximum absolute atomic E-state index is 3.52. The molecule has 0 radical (unpaired) electrons. The minimum atomic E-state index is 0. The van der Waals surface area contributed by atoms with Crippen LogP contribution in [0.15, 0.2) is 35.3 Å². The number of rotatable bonds is 2. The fourth-order valence-corrected chi connectivity index (χ4v) is 5.08. The zero-order valence-electron chi connectivity index (χ0n) is 11.9. The second kappa shape index (κ2) is 4.78. The Morgan fingerprint density at radius 1 is 1.30 bits per heavy atom. The van der Waals surface area contributed by atoms with Gasteiger partial charge in [-0.15, -0.1) is 23.7 Å². The van der Waals surface area contributed by atoms with Crippen LogP contribution < -0.4 is 5.32 Å². The lowest BCUT2D eigenvalue weighted by molar-refractivity contribution is 0.404. The molecule has 0 aliphatic heterocycles. The van der Waals surface area contributed by atoms with Crippen molar-refractivity contribution in [3.63, 3.8) is 0 Å². The van der Waals surface area contributed by atoms with E-state index in [1.54, 1.807) is 5.57 Å². The molecule has 0 amide bonds. The Morgan fingerprint density at radius 2 is 2.15 bits per heavy atom. The Balaban J connectivity index is 0.00000121. The molecule has 1 aromatic carbocycles. The molecular formula is C17H20ClNS. The van der Waals surface area contributed by atoms with Crippen LogP contribution in [0.5, 0.6) is 0 Å². The topological polar surface area (TPSA) is 12.0 Å². The van der Waals surface area contributed by atoms with Gasteiger partial charge in [0, 0.05) is 28.2 Å². The lowest BCUT2D eigenvalue weighted by Gasteiger charge is -2.27. The first-order valence-corrected chi connectivity index (χ1v) is 8.00. The number of hydrogen-bond donors (Lipinski definition) is 1. The second-order valence-corrected chi connectivity index (χ2v) is 7.12. The van der Waals surface area contributed by atoms with Crippen LogP contribution in [0.2, 0.25) is 0 Å². The van der Waals surface area contributed by atoms with E-state index in [1.165, 1.54) is 40.6 Å². The highest BCUT2D eigenvalue weighted by molar-refractivity contribution is 7.17. The van der Waals surface area contributed by atoms with Crippen LogP contribution in [0.4, 0.5) is 0 Å². The average molecular weight is 306 g/mol. The van der Waals surface area contributed by atoms with Crippen LogP contribution >= 0.6 is 23.7 Å². The van der Waals surface area contributed by atoms with E-state index >= 15 is 0 Å². The van der Waals surface area contributed by atoms with E-state index in [0.29, 0.717) is 5.41 Å². The van der Waals surface area contributed by atoms with Gasteiger partial charge in [0.25, 0.3) is 0 Å². The summed E-state index contributed by atoms with van der Waals surface area (Å²) in [6.45, 7) is 2.43. The van der Waals surface area contributed by atoms with E-state index in [-0.39, 0.29) is 12.4 Å². The average Bonchev–Trinajstić information content (AvgIpc) is 3.08. The first-order chi connectivity index (χ1) is 9.23. The zero-order valence-corrected chi connectivity index (χ0v) is 13.5. The maximum atomic E-state index is 3.52. The van der Waals surface area contributed by atoms with E-state index < -0.39 is 0 Å². The van der Waals surface area contributed by atoms with Gasteiger partial charge < -0.3 is 5.32 Å². The molecule has 1 aromatic heterocycles. The molecule has 2 aromatic rings. The molecule has 2 atom stereocenters. The molecule has 0 saturated heterocycles. The molecule has 2 aliphatic rings. The van der Waals surface area contributed by atoms with E-state index in [2.05, 4.69) is 48.9 Å². The third kappa shape index (κ3) is 1.74. The predicted octanol–water partition coefficient (Wildman–Crippen LogP) is 5.07. The van der Waals surface area contributed by atoms with Crippen molar-refractivity contribution in [1.29, 1.82) is 0 Å². The Hall–Kier alpha value is -0.990. The number of allylic oxidation sites excluding steroid dienone is 2. The smallest absolute Gasteiger partial charge is 0.0348 e. The SMILES string of the molecule is CNC1=C(c2cccc3sccc23)C2CCC1(C)C2.Cl. The first-order valence-electron chi connectivity index (χ1n) is 7.12. The summed E-state index contributed by atoms with van der Waals surface area (Å²) in [5.74, 6) is 0.762. The van der Waals surface area contributed by atoms with Gasteiger partial charge in [-0.25, -0.2) is 0 Å². The molecule has 2 unspecified atom stereocenters. The van der Waals surface area contributed by atoms with E-state index in [4.69, 9.17) is 0 Å². The molecule has 2 bridgehead atoms. The molecule has 1 saturated carbocycles. The summed E-state index contributed by atoms with van der Waals surface area (Å²) in [4.78, 5) is 0. The number of thiophene rings is 1. The molecule has 0 spiro atoms. The van der Waals surface area contributed by atoms with Crippen molar-refractivity contribution in [2.75, 3.05) is 7.05 Å². The molecule has 1 nitrogen and oxygen atoms in total. The molecule has 106 valence electrons. The fraction of sp³-hybridized carbons (Fsp3) is 0.412. The van der Waals surface area contributed by atoms with Crippen molar-refractivity contribution < 1.29 is 0 Å². The molecule has 3 heteroatoms. The number of hydrogen-bond acceptors (Lipinski definition) is 2. The number of benzene rings is 1. The van der Waals surface area contributed by atoms with Gasteiger partial charge >= 0.3 is 0 Å². The van der Waals surface area contributed by atoms with Crippen LogP contribution in [0, 0.1) is 11.3 Å². The summed E-state index contributed by atoms with van der Waals surface area (Å²) in [5, 5.41) is 7.17. The molecule has 1 fully saturated rings. The molecule has 1 heterocycles. The maximum Gasteiger partial charge on any atom is 0.0348 e. The van der Waals surface area contributed by atoms with Crippen molar-refractivity contribution in [3.05, 3.63) is 40.9 Å². The number of halogens is 1. The lowest BCUT2D eigenvalue weighted by Crippen LogP contribution is -2.23. The fourth-order valence-electron chi connectivity index (χ4n) is 4.26. The van der Waals surface area contributed by atoms with Crippen LogP contribution in [-0.2, 0) is 0 Å². The largest absolute Gasteiger partial charge is 0.391 e. The van der Waals surface area contributed by atoms with Gasteiger partial charge in [-0.2, -0.15) is 0 Å². The number of fused-ring (bicyclic) bond motifs is 3. The Kier molecular flexibility index (Phi) is 3.34. The van der Waals surface area contributed by atoms with Crippen LogP contribution in [0.3, 0.4) is 0 Å². The second-order valence-electron chi connectivity index (χ2n) is 6.18. The minimum Gasteiger partial charge on any atom is -0.391 e. The van der Waals surface area contributed by atoms with E-state index in [9.17, 15) is 0 Å². The van der Waals surface area contributed by atoms with E-state index in [0.717, 1.165) is 5.92 Å². The Morgan fingerprint density at radius 3 is 2.95 bits per heavy atom. The molecule has 1 N–H and O–H groups in total. The number of nitrogens with one attached hydrogen (secondary N) is 1. The van der Waals surface area contributed by atoms with Gasteiger partial charge in [0.2, 0.25) is 0 Å². The monoisotopic (exact) mass is 305 g/mol. The first kappa shape index (κ1) is 14.0. The van der Waals surface area contributed by atoms with E-state index in [1.807, 2.05) is 11.3 Å². The summed E-state index contributed by atoms with van der Waals surface area (Å²) in [5.41, 5.74) is 4.96. The van der Waals surface area contributed by atoms with Crippen molar-refractivity contribution in [2.45, 2.75) is 26.2 Å². The van der Waals surface area contributed by atoms with Gasteiger partial charge in [-0.3, -0.25) is 0 Å². The standard InChI is InChI=1S/C17H19NS.ClH/c1-17-8-6-11(10-17)15(16(17)18-2)13-4-3-5-14-12(13)7-9-19-14;/h3-5,7,9,11,18H,6,8,10H2,1-2H3;1H. The van der Waals surface area contributed by atoms with Gasteiger partial charge in [-0.05, 0) is 53.8 Å². The molecular weight excluding hydrogens is 286 g/mol. The zero-order chi connectivity index (χ0) is 13.0. The highest BCUT2D eigenvalue weighted by Gasteiger charge is 2.47. The van der Waals surface area contributed by atoms with Crippen molar-refractivity contribution in [3.8, 4) is 0 Å². The van der Waals surface area contributed by atoms with Crippen LogP contribution in [0.25, 0.3) is 15.7 Å². The minimum absolute atomic E-state index is 0. The van der Waals surface area contributed by atoms with Crippen LogP contribution in [-0.4, -0.2) is 7.05 Å². The Labute approximate surface area is 130 Å². The van der Waals surface area contributed by atoms with Crippen LogP contribution in [0.1, 0.15) is 31.7 Å². The lowest BCUT2D eigenvalue weighted by atomic mass is 9.83. The summed E-state index contributed by atoms with van der Waals surface area (Å²) in [6.07, 6.45) is 4.04. The third-order valence-electron chi connectivity index (χ3n) is 5.06. The van der Waals surface area contributed by atoms with Gasteiger partial charge in [0.1, 0.15) is 0 Å². The highest BCUT2D eigenvalue weighted by Crippen LogP contribution is 2.59. The molecule has 20 heavy (non-hydrogen) atoms. The summed E-state index contributed by atoms with van der Waals surface area (Å²) >= 11 is 1.85. The quantitative estimate of drug-likeness (QED) is 0.816. The Bertz CT molecular complexity index is 687. The van der Waals surface area contributed by atoms with Gasteiger partial charge in [0.05, 0.1) is 0 Å². The molecule has 2 aliphatic carbocycles. The third-order valence-corrected chi connectivity index (χ3v) is 5.94. The van der Waals surface area contributed by atoms with Gasteiger partial charge in [-0.1, -0.05) is 19.1 Å². The summed E-state index contributed by atoms with van der Waals surface area (Å²) in [6, 6.07) is 9.04. The van der Waals surface area contributed by atoms with Gasteiger partial charge in [0.15, 0.2) is 0 Å². The highest BCUT2D eigenvalue weighted by atomic mass is 35.5.